The molecule has 10 heteroatoms. The molecule has 6 rings (SSSR count). The van der Waals surface area contributed by atoms with Crippen molar-refractivity contribution in [1.29, 1.82) is 0 Å². The molecule has 0 saturated heterocycles. The Morgan fingerprint density at radius 1 is 0.543 bits per heavy atom. The van der Waals surface area contributed by atoms with Crippen molar-refractivity contribution in [1.82, 2.24) is 0 Å². The zero-order valence-corrected chi connectivity index (χ0v) is 29.5. The van der Waals surface area contributed by atoms with Gasteiger partial charge in [-0.2, -0.15) is 0 Å². The summed E-state index contributed by atoms with van der Waals surface area (Å²) in [5.41, 5.74) is 9.45. The number of alkyl halides is 6. The molecule has 4 aromatic carbocycles. The third kappa shape index (κ3) is 6.59. The first-order valence-corrected chi connectivity index (χ1v) is 21.0. The van der Waals surface area contributed by atoms with Crippen molar-refractivity contribution in [3.8, 4) is 22.3 Å². The molecule has 46 heavy (non-hydrogen) atoms. The molecular weight excluding hydrogens is 693 g/mol. The minimum absolute atomic E-state index is 0. The average Bonchev–Trinajstić information content (AvgIpc) is 3.48. The number of halogens is 8. The Morgan fingerprint density at radius 2 is 0.891 bits per heavy atom. The van der Waals surface area contributed by atoms with Gasteiger partial charge in [0.05, 0.1) is 0 Å². The second-order valence-corrected chi connectivity index (χ2v) is 24.2. The van der Waals surface area contributed by atoms with E-state index in [0.29, 0.717) is 8.45 Å². The number of rotatable bonds is 4. The first kappa shape index (κ1) is 36.3. The van der Waals surface area contributed by atoms with Gasteiger partial charge in [-0.3, -0.25) is 0 Å². The van der Waals surface area contributed by atoms with Crippen LogP contribution in [0, 0.1) is 0 Å². The van der Waals surface area contributed by atoms with Crippen LogP contribution in [0.4, 0.5) is 26.3 Å². The first-order chi connectivity index (χ1) is 20.8. The SMILES string of the molecule is CC1=Cc2c(-c3ccc(C(F)(F)F)cc3)cccc2[CH]1[Ti+2]([CH]1C(C)=Cc2c(-c3ccc(C(F)(F)F)cc3)cccc21)=[Si](C)C.[Cl-].[Cl-]. The van der Waals surface area contributed by atoms with E-state index in [0.717, 1.165) is 57.6 Å². The monoisotopic (exact) mass is 722 g/mol. The second-order valence-electron chi connectivity index (χ2n) is 11.9. The number of fused-ring (bicyclic) bond motifs is 2. The van der Waals surface area contributed by atoms with Crippen LogP contribution in [-0.4, -0.2) is 6.19 Å². The zero-order chi connectivity index (χ0) is 31.6. The summed E-state index contributed by atoms with van der Waals surface area (Å²) in [4.78, 5) is 0. The fourth-order valence-electron chi connectivity index (χ4n) is 6.85. The van der Waals surface area contributed by atoms with Gasteiger partial charge in [-0.1, -0.05) is 0 Å². The molecule has 2 aliphatic rings. The summed E-state index contributed by atoms with van der Waals surface area (Å²) in [5.74, 6) is 0. The van der Waals surface area contributed by atoms with Crippen molar-refractivity contribution in [3.63, 3.8) is 0 Å². The average molecular weight is 723 g/mol. The van der Waals surface area contributed by atoms with E-state index in [9.17, 15) is 26.3 Å². The van der Waals surface area contributed by atoms with Crippen LogP contribution in [0.5, 0.6) is 0 Å². The van der Waals surface area contributed by atoms with Crippen LogP contribution in [0.25, 0.3) is 34.4 Å². The van der Waals surface area contributed by atoms with E-state index in [2.05, 4.69) is 51.2 Å². The molecule has 0 heterocycles. The molecule has 238 valence electrons. The van der Waals surface area contributed by atoms with Crippen molar-refractivity contribution >= 4 is 18.3 Å². The molecule has 0 amide bonds. The first-order valence-electron chi connectivity index (χ1n) is 14.4. The van der Waals surface area contributed by atoms with Crippen molar-refractivity contribution in [2.45, 2.75) is 47.7 Å². The number of hydrogen-bond donors (Lipinski definition) is 0. The molecule has 0 radical (unpaired) electrons. The molecule has 0 fully saturated rings. The van der Waals surface area contributed by atoms with E-state index in [-0.39, 0.29) is 24.8 Å². The quantitative estimate of drug-likeness (QED) is 0.192. The molecule has 2 unspecified atom stereocenters. The smallest absolute Gasteiger partial charge is 1.00 e. The molecule has 0 nitrogen and oxygen atoms in total. The largest absolute Gasteiger partial charge is 1.00 e. The van der Waals surface area contributed by atoms with Crippen molar-refractivity contribution in [3.05, 3.63) is 129 Å². The fourth-order valence-corrected chi connectivity index (χ4v) is 20.7. The van der Waals surface area contributed by atoms with Gasteiger partial charge >= 0.3 is 261 Å². The summed E-state index contributed by atoms with van der Waals surface area (Å²) >= 11 is -2.01. The maximum Gasteiger partial charge on any atom is -1.00 e. The summed E-state index contributed by atoms with van der Waals surface area (Å²) < 4.78 is 80.0. The standard InChI is InChI=1S/2C17H12F3.C2H6Si.2ClH.Ti/c2*1-11-9-13-3-2-4-15(16(13)10-11)12-5-7-14(8-6-12)17(18,19)20;1-3-2;;;/h2*2-10H,1H3;1-2H3;2*1H;/q;;;;;+2/p-2. The Hall–Kier alpha value is -2.55. The molecule has 2 aliphatic carbocycles. The van der Waals surface area contributed by atoms with Gasteiger partial charge in [0.2, 0.25) is 0 Å². The van der Waals surface area contributed by atoms with E-state index in [1.54, 1.807) is 24.3 Å². The van der Waals surface area contributed by atoms with Crippen LogP contribution < -0.4 is 24.8 Å². The molecule has 0 aromatic heterocycles. The van der Waals surface area contributed by atoms with Gasteiger partial charge in [0.15, 0.2) is 0 Å². The Bertz CT molecular complexity index is 1740. The summed E-state index contributed by atoms with van der Waals surface area (Å²) in [7, 11) is 0. The van der Waals surface area contributed by atoms with Crippen LogP contribution in [0.3, 0.4) is 0 Å². The number of hydrogen-bond acceptors (Lipinski definition) is 0. The fraction of sp³-hybridized carbons (Fsp3) is 0.222. The van der Waals surface area contributed by atoms with E-state index in [1.807, 2.05) is 24.3 Å². The molecule has 2 atom stereocenters. The van der Waals surface area contributed by atoms with Crippen LogP contribution in [-0.2, 0) is 29.0 Å². The molecule has 0 saturated carbocycles. The minimum Gasteiger partial charge on any atom is -1.00 e. The summed E-state index contributed by atoms with van der Waals surface area (Å²) in [6.07, 6.45) is -5.04. The second kappa shape index (κ2) is 13.5. The van der Waals surface area contributed by atoms with Gasteiger partial charge in [-0.25, -0.2) is 0 Å². The predicted molar refractivity (Wildman–Crippen MR) is 164 cm³/mol. The van der Waals surface area contributed by atoms with Crippen LogP contribution >= 0.6 is 0 Å². The Balaban J connectivity index is 0.00000240. The maximum atomic E-state index is 13.2. The Morgan fingerprint density at radius 3 is 1.20 bits per heavy atom. The molecule has 0 spiro atoms. The normalized spacial score (nSPS) is 16.6. The Kier molecular flexibility index (Phi) is 10.7. The number of allylic oxidation sites excluding steroid dienone is 2. The van der Waals surface area contributed by atoms with Gasteiger partial charge in [0.1, 0.15) is 0 Å². The van der Waals surface area contributed by atoms with E-state index >= 15 is 0 Å². The van der Waals surface area contributed by atoms with Gasteiger partial charge < -0.3 is 24.8 Å². The Labute approximate surface area is 284 Å². The van der Waals surface area contributed by atoms with Gasteiger partial charge in [-0.05, 0) is 0 Å². The van der Waals surface area contributed by atoms with E-state index in [1.165, 1.54) is 22.3 Å². The van der Waals surface area contributed by atoms with Gasteiger partial charge in [0, 0.05) is 0 Å². The third-order valence-corrected chi connectivity index (χ3v) is 22.1. The van der Waals surface area contributed by atoms with Crippen molar-refractivity contribution in [2.24, 2.45) is 0 Å². The summed E-state index contributed by atoms with van der Waals surface area (Å²) in [6.45, 7) is 9.17. The number of benzene rings is 4. The molecular formula is C36H30Cl2F6SiTi. The predicted octanol–water partition coefficient (Wildman–Crippen LogP) is 5.55. The molecule has 0 N–H and O–H groups in total. The van der Waals surface area contributed by atoms with Crippen LogP contribution in [0.1, 0.15) is 55.7 Å². The van der Waals surface area contributed by atoms with Gasteiger partial charge in [0.25, 0.3) is 0 Å². The molecule has 0 bridgehead atoms. The molecule has 0 aliphatic heterocycles. The maximum absolute atomic E-state index is 13.2. The van der Waals surface area contributed by atoms with Crippen molar-refractivity contribution < 1.29 is 67.8 Å². The van der Waals surface area contributed by atoms with Crippen LogP contribution in [0.15, 0.2) is 96.1 Å². The topological polar surface area (TPSA) is 0 Å². The molecule has 4 aromatic rings. The van der Waals surface area contributed by atoms with Crippen LogP contribution in [0.2, 0.25) is 13.1 Å². The summed E-state index contributed by atoms with van der Waals surface area (Å²) in [5, 5.41) is 0. The zero-order valence-electron chi connectivity index (χ0n) is 25.4. The van der Waals surface area contributed by atoms with Crippen molar-refractivity contribution in [2.75, 3.05) is 0 Å². The van der Waals surface area contributed by atoms with Gasteiger partial charge in [-0.15, -0.1) is 0 Å². The van der Waals surface area contributed by atoms with E-state index < -0.39 is 46.3 Å². The minimum atomic E-state index is -4.38. The summed E-state index contributed by atoms with van der Waals surface area (Å²) in [6, 6.07) is 23.2. The third-order valence-electron chi connectivity index (χ3n) is 8.80. The van der Waals surface area contributed by atoms with E-state index in [4.69, 9.17) is 0 Å².